The van der Waals surface area contributed by atoms with Crippen molar-refractivity contribution in [2.24, 2.45) is 7.05 Å². The molecule has 94 valence electrons. The largest absolute Gasteiger partial charge is 0.320 e. The molecule has 0 atom stereocenters. The maximum Gasteiger partial charge on any atom is 0.143 e. The maximum atomic E-state index is 13.5. The Hall–Kier alpha value is -1.23. The second-order valence-corrected chi connectivity index (χ2v) is 5.78. The minimum Gasteiger partial charge on any atom is -0.320 e. The van der Waals surface area contributed by atoms with Crippen molar-refractivity contribution >= 4 is 15.9 Å². The summed E-state index contributed by atoms with van der Waals surface area (Å²) in [5.41, 5.74) is 0.774. The molecular weight excluding hydrogens is 297 g/mol. The molecule has 18 heavy (non-hydrogen) atoms. The summed E-state index contributed by atoms with van der Waals surface area (Å²) in [6, 6.07) is 8.02. The fraction of sp³-hybridized carbons (Fsp3) is 0.385. The third kappa shape index (κ3) is 1.68. The van der Waals surface area contributed by atoms with Gasteiger partial charge in [0.25, 0.3) is 0 Å². The molecule has 0 N–H and O–H groups in total. The Morgan fingerprint density at radius 1 is 1.44 bits per heavy atom. The number of halogens is 2. The number of aromatic nitrogens is 3. The number of hydrogen-bond donors (Lipinski definition) is 0. The van der Waals surface area contributed by atoms with E-state index in [0.29, 0.717) is 12.8 Å². The Morgan fingerprint density at radius 2 is 2.22 bits per heavy atom. The molecule has 0 amide bonds. The topological polar surface area (TPSA) is 30.7 Å². The van der Waals surface area contributed by atoms with E-state index in [9.17, 15) is 4.39 Å². The lowest BCUT2D eigenvalue weighted by Gasteiger charge is -2.43. The van der Waals surface area contributed by atoms with Crippen LogP contribution < -0.4 is 0 Å². The molecule has 0 aliphatic heterocycles. The number of benzene rings is 1. The van der Waals surface area contributed by atoms with Crippen LogP contribution >= 0.6 is 15.9 Å². The van der Waals surface area contributed by atoms with Crippen LogP contribution in [0.25, 0.3) is 0 Å². The monoisotopic (exact) mass is 309 g/mol. The zero-order valence-electron chi connectivity index (χ0n) is 9.98. The average molecular weight is 310 g/mol. The Morgan fingerprint density at radius 3 is 2.78 bits per heavy atom. The van der Waals surface area contributed by atoms with Crippen molar-refractivity contribution in [3.8, 4) is 0 Å². The van der Waals surface area contributed by atoms with E-state index in [4.69, 9.17) is 0 Å². The van der Waals surface area contributed by atoms with Crippen molar-refractivity contribution in [3.63, 3.8) is 0 Å². The van der Waals surface area contributed by atoms with Gasteiger partial charge in [0.05, 0.1) is 5.41 Å². The van der Waals surface area contributed by atoms with Gasteiger partial charge in [-0.15, -0.1) is 10.2 Å². The van der Waals surface area contributed by atoms with Crippen LogP contribution in [0.5, 0.6) is 0 Å². The van der Waals surface area contributed by atoms with E-state index in [1.807, 2.05) is 35.9 Å². The van der Waals surface area contributed by atoms with Crippen molar-refractivity contribution in [1.29, 1.82) is 0 Å². The summed E-state index contributed by atoms with van der Waals surface area (Å²) < 4.78 is 16.3. The molecule has 3 rings (SSSR count). The summed E-state index contributed by atoms with van der Waals surface area (Å²) in [7, 11) is 1.90. The molecule has 2 aromatic rings. The van der Waals surface area contributed by atoms with Crippen molar-refractivity contribution in [3.05, 3.63) is 46.5 Å². The molecule has 5 heteroatoms. The fourth-order valence-corrected chi connectivity index (χ4v) is 3.15. The van der Waals surface area contributed by atoms with Crippen molar-refractivity contribution in [2.75, 3.05) is 0 Å². The molecule has 1 aromatic carbocycles. The molecule has 0 saturated heterocycles. The van der Waals surface area contributed by atoms with Crippen molar-refractivity contribution < 1.29 is 4.39 Å². The zero-order chi connectivity index (χ0) is 12.8. The van der Waals surface area contributed by atoms with E-state index >= 15 is 0 Å². The normalized spacial score (nSPS) is 26.9. The van der Waals surface area contributed by atoms with Gasteiger partial charge in [0.1, 0.15) is 18.3 Å². The first-order valence-corrected chi connectivity index (χ1v) is 6.66. The van der Waals surface area contributed by atoms with Crippen LogP contribution in [0.2, 0.25) is 0 Å². The molecule has 0 bridgehead atoms. The fourth-order valence-electron chi connectivity index (χ4n) is 2.75. The van der Waals surface area contributed by atoms with Gasteiger partial charge in [-0.25, -0.2) is 4.39 Å². The van der Waals surface area contributed by atoms with Gasteiger partial charge in [-0.2, -0.15) is 0 Å². The van der Waals surface area contributed by atoms with Crippen LogP contribution in [0.1, 0.15) is 24.2 Å². The van der Waals surface area contributed by atoms with Gasteiger partial charge in [0.2, 0.25) is 0 Å². The van der Waals surface area contributed by atoms with E-state index in [1.165, 1.54) is 0 Å². The van der Waals surface area contributed by atoms with E-state index in [-0.39, 0.29) is 5.41 Å². The summed E-state index contributed by atoms with van der Waals surface area (Å²) in [4.78, 5) is 0. The van der Waals surface area contributed by atoms with Gasteiger partial charge in [0.15, 0.2) is 0 Å². The second-order valence-electron chi connectivity index (χ2n) is 4.86. The summed E-state index contributed by atoms with van der Waals surface area (Å²) in [6.45, 7) is 0. The Balaban J connectivity index is 2.11. The summed E-state index contributed by atoms with van der Waals surface area (Å²) in [5, 5.41) is 8.10. The quantitative estimate of drug-likeness (QED) is 0.854. The van der Waals surface area contributed by atoms with E-state index < -0.39 is 6.17 Å². The second kappa shape index (κ2) is 4.16. The van der Waals surface area contributed by atoms with Crippen LogP contribution in [-0.2, 0) is 12.5 Å². The molecule has 1 saturated carbocycles. The van der Waals surface area contributed by atoms with Gasteiger partial charge in [-0.3, -0.25) is 0 Å². The van der Waals surface area contributed by atoms with Crippen LogP contribution in [0.3, 0.4) is 0 Å². The summed E-state index contributed by atoms with van der Waals surface area (Å²) in [6.07, 6.45) is 1.88. The van der Waals surface area contributed by atoms with Crippen LogP contribution in [0, 0.1) is 0 Å². The molecule has 0 radical (unpaired) electrons. The molecule has 1 aliphatic carbocycles. The Labute approximate surface area is 113 Å². The number of alkyl halides is 1. The van der Waals surface area contributed by atoms with Crippen LogP contribution in [0.4, 0.5) is 4.39 Å². The molecule has 1 aliphatic rings. The first-order valence-electron chi connectivity index (χ1n) is 5.86. The molecule has 1 aromatic heterocycles. The molecule has 0 unspecified atom stereocenters. The average Bonchev–Trinajstić information content (AvgIpc) is 2.71. The van der Waals surface area contributed by atoms with Crippen molar-refractivity contribution in [2.45, 2.75) is 24.4 Å². The summed E-state index contributed by atoms with van der Waals surface area (Å²) in [5.74, 6) is 0.842. The lowest BCUT2D eigenvalue weighted by molar-refractivity contribution is 0.114. The van der Waals surface area contributed by atoms with Gasteiger partial charge >= 0.3 is 0 Å². The highest BCUT2D eigenvalue weighted by Crippen LogP contribution is 2.49. The number of rotatable bonds is 2. The maximum absolute atomic E-state index is 13.5. The molecular formula is C13H13BrFN3. The van der Waals surface area contributed by atoms with Gasteiger partial charge in [-0.1, -0.05) is 28.1 Å². The van der Waals surface area contributed by atoms with E-state index in [2.05, 4.69) is 26.1 Å². The predicted octanol–water partition coefficient (Wildman–Crippen LogP) is 3.00. The van der Waals surface area contributed by atoms with Gasteiger partial charge < -0.3 is 4.57 Å². The third-order valence-corrected chi connectivity index (χ3v) is 4.15. The predicted molar refractivity (Wildman–Crippen MR) is 70.1 cm³/mol. The van der Waals surface area contributed by atoms with Gasteiger partial charge in [-0.05, 0) is 30.5 Å². The first-order chi connectivity index (χ1) is 8.62. The highest BCUT2D eigenvalue weighted by atomic mass is 79.9. The van der Waals surface area contributed by atoms with E-state index in [1.54, 1.807) is 6.33 Å². The Bertz CT molecular complexity index is 575. The molecule has 1 fully saturated rings. The van der Waals surface area contributed by atoms with Gasteiger partial charge in [0, 0.05) is 11.5 Å². The summed E-state index contributed by atoms with van der Waals surface area (Å²) >= 11 is 3.47. The number of hydrogen-bond acceptors (Lipinski definition) is 2. The smallest absolute Gasteiger partial charge is 0.143 e. The standard InChI is InChI=1S/C13H13BrFN3/c1-18-8-16-17-12(18)13(6-11(15)7-13)9-3-2-4-10(14)5-9/h2-5,8,11H,6-7H2,1H3. The molecule has 3 nitrogen and oxygen atoms in total. The lowest BCUT2D eigenvalue weighted by Crippen LogP contribution is -2.45. The highest BCUT2D eigenvalue weighted by molar-refractivity contribution is 9.10. The van der Waals surface area contributed by atoms with Crippen LogP contribution in [-0.4, -0.2) is 20.9 Å². The third-order valence-electron chi connectivity index (χ3n) is 3.66. The number of aryl methyl sites for hydroxylation is 1. The zero-order valence-corrected chi connectivity index (χ0v) is 11.6. The van der Waals surface area contributed by atoms with Crippen molar-refractivity contribution in [1.82, 2.24) is 14.8 Å². The lowest BCUT2D eigenvalue weighted by atomic mass is 9.62. The highest BCUT2D eigenvalue weighted by Gasteiger charge is 2.50. The molecule has 1 heterocycles. The Kier molecular flexibility index (Phi) is 2.73. The SMILES string of the molecule is Cn1cnnc1C1(c2cccc(Br)c2)CC(F)C1. The number of nitrogens with zero attached hydrogens (tertiary/aromatic N) is 3. The first kappa shape index (κ1) is 11.8. The van der Waals surface area contributed by atoms with Crippen LogP contribution in [0.15, 0.2) is 35.1 Å². The minimum absolute atomic E-state index is 0.325. The van der Waals surface area contributed by atoms with E-state index in [0.717, 1.165) is 15.9 Å². The molecule has 0 spiro atoms. The minimum atomic E-state index is -0.749.